The lowest BCUT2D eigenvalue weighted by Gasteiger charge is -2.42. The molecule has 0 saturated carbocycles. The van der Waals surface area contributed by atoms with E-state index in [0.29, 0.717) is 19.7 Å². The molecule has 20 heavy (non-hydrogen) atoms. The highest BCUT2D eigenvalue weighted by Crippen LogP contribution is 2.45. The topological polar surface area (TPSA) is 64.8 Å². The molecule has 0 aromatic carbocycles. The fraction of sp³-hybridized carbons (Fsp3) is 0.933. The largest absolute Gasteiger partial charge is 0.444 e. The van der Waals surface area contributed by atoms with E-state index in [9.17, 15) is 4.79 Å². The van der Waals surface area contributed by atoms with Crippen molar-refractivity contribution in [2.75, 3.05) is 19.7 Å². The second-order valence-electron chi connectivity index (χ2n) is 7.70. The summed E-state index contributed by atoms with van der Waals surface area (Å²) in [6, 6.07) is 0.0239. The van der Waals surface area contributed by atoms with Crippen LogP contribution < -0.4 is 5.73 Å². The number of rotatable bonds is 0. The second kappa shape index (κ2) is 4.88. The number of nitrogens with two attached hydrogens (primary N) is 1. The van der Waals surface area contributed by atoms with Crippen LogP contribution in [-0.2, 0) is 9.47 Å². The zero-order valence-corrected chi connectivity index (χ0v) is 13.4. The molecule has 0 aromatic rings. The number of hydrogen-bond acceptors (Lipinski definition) is 4. The van der Waals surface area contributed by atoms with Crippen LogP contribution in [0.25, 0.3) is 0 Å². The minimum atomic E-state index is -0.443. The zero-order valence-electron chi connectivity index (χ0n) is 13.4. The Hall–Kier alpha value is -0.810. The van der Waals surface area contributed by atoms with Gasteiger partial charge in [-0.05, 0) is 47.5 Å². The first-order valence-electron chi connectivity index (χ1n) is 7.43. The van der Waals surface area contributed by atoms with Gasteiger partial charge in [-0.1, -0.05) is 0 Å². The number of piperidine rings is 1. The first-order chi connectivity index (χ1) is 9.06. The molecule has 1 amide bonds. The first kappa shape index (κ1) is 15.6. The number of likely N-dealkylation sites (tertiary alicyclic amines) is 1. The molecule has 2 fully saturated rings. The van der Waals surface area contributed by atoms with Crippen LogP contribution in [0.4, 0.5) is 4.79 Å². The number of carbonyl (C=O) groups is 1. The summed E-state index contributed by atoms with van der Waals surface area (Å²) in [6.07, 6.45) is 1.55. The van der Waals surface area contributed by atoms with E-state index >= 15 is 0 Å². The lowest BCUT2D eigenvalue weighted by Crippen LogP contribution is -2.54. The number of nitrogens with zero attached hydrogens (tertiary/aromatic N) is 1. The molecule has 1 atom stereocenters. The fourth-order valence-corrected chi connectivity index (χ4v) is 3.16. The Bertz CT molecular complexity index is 379. The van der Waals surface area contributed by atoms with Crippen LogP contribution in [0.2, 0.25) is 0 Å². The summed E-state index contributed by atoms with van der Waals surface area (Å²) in [5, 5.41) is 0. The SMILES string of the molecule is CC(C)(C)OC(=O)N1CCC2(CC1)COC(C)(C)C2N. The molecule has 5 nitrogen and oxygen atoms in total. The van der Waals surface area contributed by atoms with Crippen molar-refractivity contribution in [3.05, 3.63) is 0 Å². The standard InChI is InChI=1S/C15H28N2O3/c1-13(2,3)20-12(18)17-8-6-15(7-9-17)10-19-14(4,5)11(15)16/h11H,6-10,16H2,1-5H3. The molecule has 1 spiro atoms. The molecule has 2 saturated heterocycles. The van der Waals surface area contributed by atoms with E-state index in [1.165, 1.54) is 0 Å². The average molecular weight is 284 g/mol. The van der Waals surface area contributed by atoms with Gasteiger partial charge in [0.2, 0.25) is 0 Å². The van der Waals surface area contributed by atoms with Crippen LogP contribution >= 0.6 is 0 Å². The van der Waals surface area contributed by atoms with Crippen LogP contribution in [-0.4, -0.2) is 47.9 Å². The van der Waals surface area contributed by atoms with Crippen LogP contribution in [0.15, 0.2) is 0 Å². The molecule has 0 radical (unpaired) electrons. The van der Waals surface area contributed by atoms with Crippen LogP contribution in [0.1, 0.15) is 47.5 Å². The molecular weight excluding hydrogens is 256 g/mol. The van der Waals surface area contributed by atoms with Gasteiger partial charge in [-0.15, -0.1) is 0 Å². The monoisotopic (exact) mass is 284 g/mol. The molecule has 2 aliphatic heterocycles. The minimum Gasteiger partial charge on any atom is -0.444 e. The zero-order chi connectivity index (χ0) is 15.2. The molecule has 0 aromatic heterocycles. The quantitative estimate of drug-likeness (QED) is 0.740. The van der Waals surface area contributed by atoms with E-state index < -0.39 is 5.60 Å². The molecule has 1 unspecified atom stereocenters. The van der Waals surface area contributed by atoms with Crippen molar-refractivity contribution in [3.8, 4) is 0 Å². The molecule has 0 aliphatic carbocycles. The van der Waals surface area contributed by atoms with Crippen molar-refractivity contribution in [1.29, 1.82) is 0 Å². The molecule has 5 heteroatoms. The summed E-state index contributed by atoms with van der Waals surface area (Å²) in [4.78, 5) is 13.9. The number of hydrogen-bond donors (Lipinski definition) is 1. The van der Waals surface area contributed by atoms with Gasteiger partial charge < -0.3 is 20.1 Å². The summed E-state index contributed by atoms with van der Waals surface area (Å²) in [5.74, 6) is 0. The third-order valence-corrected chi connectivity index (χ3v) is 4.55. The van der Waals surface area contributed by atoms with Gasteiger partial charge in [-0.25, -0.2) is 4.79 Å². The Morgan fingerprint density at radius 3 is 2.25 bits per heavy atom. The van der Waals surface area contributed by atoms with Crippen LogP contribution in [0, 0.1) is 5.41 Å². The summed E-state index contributed by atoms with van der Waals surface area (Å²) < 4.78 is 11.3. The van der Waals surface area contributed by atoms with E-state index in [0.717, 1.165) is 12.8 Å². The Balaban J connectivity index is 1.95. The van der Waals surface area contributed by atoms with E-state index in [-0.39, 0.29) is 23.2 Å². The van der Waals surface area contributed by atoms with Gasteiger partial charge >= 0.3 is 6.09 Å². The van der Waals surface area contributed by atoms with Gasteiger partial charge in [0.1, 0.15) is 5.60 Å². The smallest absolute Gasteiger partial charge is 0.410 e. The molecule has 2 aliphatic rings. The highest BCUT2D eigenvalue weighted by Gasteiger charge is 2.53. The average Bonchev–Trinajstić information content (AvgIpc) is 2.53. The van der Waals surface area contributed by atoms with E-state index in [2.05, 4.69) is 0 Å². The predicted molar refractivity (Wildman–Crippen MR) is 77.5 cm³/mol. The Kier molecular flexibility index (Phi) is 3.80. The lowest BCUT2D eigenvalue weighted by molar-refractivity contribution is 0.00461. The summed E-state index contributed by atoms with van der Waals surface area (Å²) >= 11 is 0. The molecule has 116 valence electrons. The molecule has 2 rings (SSSR count). The Morgan fingerprint density at radius 2 is 1.85 bits per heavy atom. The summed E-state index contributed by atoms with van der Waals surface area (Å²) in [6.45, 7) is 11.9. The third-order valence-electron chi connectivity index (χ3n) is 4.55. The second-order valence-corrected chi connectivity index (χ2v) is 7.70. The highest BCUT2D eigenvalue weighted by atomic mass is 16.6. The molecule has 2 N–H and O–H groups in total. The number of carbonyl (C=O) groups excluding carboxylic acids is 1. The Labute approximate surface area is 121 Å². The van der Waals surface area contributed by atoms with Crippen molar-refractivity contribution in [1.82, 2.24) is 4.90 Å². The first-order valence-corrected chi connectivity index (χ1v) is 7.43. The van der Waals surface area contributed by atoms with Crippen molar-refractivity contribution >= 4 is 6.09 Å². The van der Waals surface area contributed by atoms with Crippen molar-refractivity contribution in [2.24, 2.45) is 11.1 Å². The molecule has 0 bridgehead atoms. The minimum absolute atomic E-state index is 0.0159. The van der Waals surface area contributed by atoms with Crippen molar-refractivity contribution in [3.63, 3.8) is 0 Å². The van der Waals surface area contributed by atoms with E-state index in [4.69, 9.17) is 15.2 Å². The summed E-state index contributed by atoms with van der Waals surface area (Å²) in [5.41, 5.74) is 5.69. The van der Waals surface area contributed by atoms with Gasteiger partial charge in [0.05, 0.1) is 12.2 Å². The maximum Gasteiger partial charge on any atom is 0.410 e. The Morgan fingerprint density at radius 1 is 1.30 bits per heavy atom. The van der Waals surface area contributed by atoms with Crippen LogP contribution in [0.3, 0.4) is 0 Å². The highest BCUT2D eigenvalue weighted by molar-refractivity contribution is 5.68. The number of amides is 1. The maximum atomic E-state index is 12.1. The molecule has 2 heterocycles. The normalized spacial score (nSPS) is 28.7. The summed E-state index contributed by atoms with van der Waals surface area (Å²) in [7, 11) is 0. The van der Waals surface area contributed by atoms with Gasteiger partial charge in [0, 0.05) is 24.5 Å². The third kappa shape index (κ3) is 2.93. The van der Waals surface area contributed by atoms with Crippen molar-refractivity contribution < 1.29 is 14.3 Å². The van der Waals surface area contributed by atoms with Crippen LogP contribution in [0.5, 0.6) is 0 Å². The van der Waals surface area contributed by atoms with Gasteiger partial charge in [0.25, 0.3) is 0 Å². The van der Waals surface area contributed by atoms with Gasteiger partial charge in [-0.2, -0.15) is 0 Å². The fourth-order valence-electron chi connectivity index (χ4n) is 3.16. The maximum absolute atomic E-state index is 12.1. The molecular formula is C15H28N2O3. The van der Waals surface area contributed by atoms with Gasteiger partial charge in [-0.3, -0.25) is 0 Å². The van der Waals surface area contributed by atoms with E-state index in [1.54, 1.807) is 4.90 Å². The van der Waals surface area contributed by atoms with E-state index in [1.807, 2.05) is 34.6 Å². The van der Waals surface area contributed by atoms with Gasteiger partial charge in [0.15, 0.2) is 0 Å². The lowest BCUT2D eigenvalue weighted by atomic mass is 9.71. The van der Waals surface area contributed by atoms with Crippen molar-refractivity contribution in [2.45, 2.75) is 64.7 Å². The predicted octanol–water partition coefficient (Wildman–Crippen LogP) is 2.14. The number of ether oxygens (including phenoxy) is 2.